The molecule has 0 spiro atoms. The minimum atomic E-state index is -0.592. The molecule has 0 saturated carbocycles. The number of carbonyl (C=O) groups is 1. The Morgan fingerprint density at radius 3 is 1.62 bits per heavy atom. The number of nitrogens with one attached hydrogen (secondary N) is 1. The van der Waals surface area contributed by atoms with Gasteiger partial charge in [0, 0.05) is 37.3 Å². The standard InChI is InChI=1S/C14H20N2O4.C8H8FNO3.C6H13NO.CH2O3.2K.H/c1-9-5-13(14(19-4)6-12(9)16(17)18)15-7-10(2)20-11(3)8-15;1-5-3-6(9)8(13-2)4-7(5)10(11)12;1-5-3-7-4-6(2)8-5;2-1-4-3;;;/h5-6,10-11H,7-8H2,1-4H3;3-4H,1-2H3;5-7H,3-4H2,1-2H3;1,3H;;;/q;;;;2*+1;-1/p-1. The van der Waals surface area contributed by atoms with Crippen LogP contribution >= 0.6 is 0 Å². The molecule has 15 nitrogen and oxygen atoms in total. The number of nitrogens with zero attached hydrogens (tertiary/aromatic N) is 3. The van der Waals surface area contributed by atoms with Crippen LogP contribution in [0.15, 0.2) is 24.3 Å². The number of rotatable bonds is 6. The zero-order valence-corrected chi connectivity index (χ0v) is 35.0. The van der Waals surface area contributed by atoms with E-state index in [4.69, 9.17) is 24.3 Å². The Balaban J connectivity index is -0.000000625. The number of aryl methyl sites for hydroxylation is 2. The Bertz CT molecular complexity index is 1270. The molecule has 0 aliphatic carbocycles. The first-order chi connectivity index (χ1) is 21.2. The maximum absolute atomic E-state index is 12.9. The zero-order chi connectivity index (χ0) is 34.3. The second-order valence-electron chi connectivity index (χ2n) is 10.4. The van der Waals surface area contributed by atoms with E-state index in [0.29, 0.717) is 23.5 Å². The van der Waals surface area contributed by atoms with Crippen LogP contribution in [-0.4, -0.2) is 81.1 Å². The average molecular weight is 721 g/mol. The number of hydrogen-bond acceptors (Lipinski definition) is 13. The molecule has 0 aromatic heterocycles. The van der Waals surface area contributed by atoms with Gasteiger partial charge in [0.1, 0.15) is 5.75 Å². The van der Waals surface area contributed by atoms with Gasteiger partial charge in [-0.1, -0.05) is 0 Å². The normalized spacial score (nSPS) is 19.6. The smallest absolute Gasteiger partial charge is 1.00 e. The van der Waals surface area contributed by atoms with Gasteiger partial charge in [0.15, 0.2) is 11.6 Å². The Morgan fingerprint density at radius 2 is 1.26 bits per heavy atom. The van der Waals surface area contributed by atoms with Gasteiger partial charge < -0.3 is 40.7 Å². The van der Waals surface area contributed by atoms with Crippen LogP contribution < -0.4 is 128 Å². The van der Waals surface area contributed by atoms with Crippen LogP contribution in [0.25, 0.3) is 0 Å². The van der Waals surface area contributed by atoms with Crippen molar-refractivity contribution in [2.24, 2.45) is 0 Å². The predicted molar refractivity (Wildman–Crippen MR) is 162 cm³/mol. The zero-order valence-electron chi connectivity index (χ0n) is 29.7. The fourth-order valence-corrected chi connectivity index (χ4v) is 4.62. The first-order valence-electron chi connectivity index (χ1n) is 14.0. The van der Waals surface area contributed by atoms with Gasteiger partial charge in [0.2, 0.25) is 0 Å². The largest absolute Gasteiger partial charge is 1.00 e. The predicted octanol–water partition coefficient (Wildman–Crippen LogP) is -2.49. The van der Waals surface area contributed by atoms with Crippen molar-refractivity contribution >= 4 is 23.5 Å². The van der Waals surface area contributed by atoms with Gasteiger partial charge in [-0.25, -0.2) is 4.39 Å². The molecular formula is C29H43FK2N4O11. The number of anilines is 1. The van der Waals surface area contributed by atoms with Crippen molar-refractivity contribution in [1.82, 2.24) is 5.32 Å². The summed E-state index contributed by atoms with van der Waals surface area (Å²) in [5, 5.41) is 33.1. The van der Waals surface area contributed by atoms with Crippen LogP contribution in [-0.2, 0) is 19.2 Å². The molecular weight excluding hydrogens is 678 g/mol. The van der Waals surface area contributed by atoms with Crippen molar-refractivity contribution in [2.75, 3.05) is 45.3 Å². The van der Waals surface area contributed by atoms with E-state index in [9.17, 15) is 24.6 Å². The first kappa shape index (κ1) is 48.3. The van der Waals surface area contributed by atoms with Gasteiger partial charge >= 0.3 is 103 Å². The van der Waals surface area contributed by atoms with Crippen LogP contribution in [0.2, 0.25) is 0 Å². The number of nitro benzene ring substituents is 2. The van der Waals surface area contributed by atoms with E-state index in [1.165, 1.54) is 27.2 Å². The van der Waals surface area contributed by atoms with E-state index in [0.717, 1.165) is 44.0 Å². The van der Waals surface area contributed by atoms with Gasteiger partial charge in [-0.3, -0.25) is 25.0 Å². The summed E-state index contributed by atoms with van der Waals surface area (Å²) in [6.45, 7) is 14.8. The molecule has 1 N–H and O–H groups in total. The van der Waals surface area contributed by atoms with Crippen LogP contribution in [0.4, 0.5) is 21.5 Å². The fourth-order valence-electron chi connectivity index (χ4n) is 4.62. The van der Waals surface area contributed by atoms with Crippen molar-refractivity contribution in [2.45, 2.75) is 66.0 Å². The van der Waals surface area contributed by atoms with Gasteiger partial charge in [-0.05, 0) is 53.7 Å². The molecule has 2 aromatic carbocycles. The monoisotopic (exact) mass is 720 g/mol. The van der Waals surface area contributed by atoms with Crippen molar-refractivity contribution in [3.63, 3.8) is 0 Å². The third-order valence-electron chi connectivity index (χ3n) is 6.49. The summed E-state index contributed by atoms with van der Waals surface area (Å²) in [7, 11) is 2.79. The molecule has 0 bridgehead atoms. The van der Waals surface area contributed by atoms with Crippen LogP contribution in [0.3, 0.4) is 0 Å². The Hall–Kier alpha value is -0.847. The Kier molecular flexibility index (Phi) is 25.8. The molecule has 254 valence electrons. The summed E-state index contributed by atoms with van der Waals surface area (Å²) in [5.41, 5.74) is 1.75. The maximum atomic E-state index is 12.9. The maximum Gasteiger partial charge on any atom is 1.00 e. The fraction of sp³-hybridized carbons (Fsp3) is 0.552. The Labute approximate surface area is 360 Å². The number of methoxy groups -OCH3 is 2. The van der Waals surface area contributed by atoms with E-state index in [1.54, 1.807) is 6.92 Å². The summed E-state index contributed by atoms with van der Waals surface area (Å²) >= 11 is 0. The molecule has 0 amide bonds. The number of nitro groups is 2. The molecule has 2 aliphatic heterocycles. The minimum absolute atomic E-state index is 0. The van der Waals surface area contributed by atoms with E-state index in [1.807, 2.05) is 19.9 Å². The van der Waals surface area contributed by atoms with E-state index < -0.39 is 10.7 Å². The van der Waals surface area contributed by atoms with E-state index in [-0.39, 0.29) is 150 Å². The number of hydrogen-bond donors (Lipinski definition) is 1. The number of halogens is 1. The first-order valence-corrected chi connectivity index (χ1v) is 14.0. The molecule has 47 heavy (non-hydrogen) atoms. The summed E-state index contributed by atoms with van der Waals surface area (Å²) in [6, 6.07) is 5.47. The molecule has 0 radical (unpaired) electrons. The van der Waals surface area contributed by atoms with Gasteiger partial charge in [0.25, 0.3) is 17.8 Å². The van der Waals surface area contributed by atoms with Crippen LogP contribution in [0.5, 0.6) is 11.5 Å². The van der Waals surface area contributed by atoms with Gasteiger partial charge in [-0.15, -0.1) is 0 Å². The molecule has 2 heterocycles. The molecule has 4 rings (SSSR count). The molecule has 2 fully saturated rings. The van der Waals surface area contributed by atoms with Gasteiger partial charge in [0.05, 0.1) is 66.3 Å². The van der Waals surface area contributed by atoms with Crippen molar-refractivity contribution in [3.8, 4) is 11.5 Å². The van der Waals surface area contributed by atoms with Crippen LogP contribution in [0.1, 0.15) is 40.2 Å². The molecule has 2 aromatic rings. The SMILES string of the molecule is CC1CNCC(C)O1.COc1cc([N+](=O)[O-])c(C)cc1F.COc1cc([N+](=O)[O-])c(C)cc1N1CC(C)OC(C)C1.O=CO[O-].[H-].[K+].[K+]. The van der Waals surface area contributed by atoms with E-state index in [2.05, 4.69) is 33.7 Å². The van der Waals surface area contributed by atoms with E-state index >= 15 is 0 Å². The number of carbonyl (C=O) groups excluding carboxylic acids is 1. The summed E-state index contributed by atoms with van der Waals surface area (Å²) < 4.78 is 34.0. The number of ether oxygens (including phenoxy) is 4. The number of benzene rings is 2. The molecule has 2 aliphatic rings. The molecule has 18 heteroatoms. The van der Waals surface area contributed by atoms with Gasteiger partial charge in [-0.2, -0.15) is 0 Å². The third kappa shape index (κ3) is 17.1. The van der Waals surface area contributed by atoms with Crippen LogP contribution in [0, 0.1) is 39.9 Å². The average Bonchev–Trinajstić information content (AvgIpc) is 2.97. The summed E-state index contributed by atoms with van der Waals surface area (Å²) in [6.07, 6.45) is 1.05. The van der Waals surface area contributed by atoms with Crippen molar-refractivity contribution in [1.29, 1.82) is 0 Å². The minimum Gasteiger partial charge on any atom is -1.00 e. The third-order valence-corrected chi connectivity index (χ3v) is 6.49. The second kappa shape index (κ2) is 25.2. The Morgan fingerprint density at radius 1 is 0.851 bits per heavy atom. The number of morpholine rings is 2. The quantitative estimate of drug-likeness (QED) is 0.109. The molecule has 4 unspecified atom stereocenters. The summed E-state index contributed by atoms with van der Waals surface area (Å²) in [4.78, 5) is 33.9. The molecule has 4 atom stereocenters. The molecule has 2 saturated heterocycles. The topological polar surface area (TPSA) is 188 Å². The summed E-state index contributed by atoms with van der Waals surface area (Å²) in [5.74, 6) is -0.175. The second-order valence-corrected chi connectivity index (χ2v) is 10.4. The van der Waals surface area contributed by atoms with Crippen molar-refractivity contribution < 1.29 is 152 Å². The van der Waals surface area contributed by atoms with Crippen molar-refractivity contribution in [3.05, 3.63) is 61.4 Å².